The first-order chi connectivity index (χ1) is 15.6. The summed E-state index contributed by atoms with van der Waals surface area (Å²) < 4.78 is 13.2. The van der Waals surface area contributed by atoms with Crippen molar-refractivity contribution >= 4 is 29.5 Å². The summed E-state index contributed by atoms with van der Waals surface area (Å²) in [5, 5.41) is 0.687. The highest BCUT2D eigenvalue weighted by Crippen LogP contribution is 2.29. The van der Waals surface area contributed by atoms with Gasteiger partial charge in [-0.1, -0.05) is 42.8 Å². The van der Waals surface area contributed by atoms with Gasteiger partial charge in [0.1, 0.15) is 18.2 Å². The number of methoxy groups -OCH3 is 1. The Morgan fingerprint density at radius 1 is 1.06 bits per heavy atom. The van der Waals surface area contributed by atoms with Crippen LogP contribution in [0.2, 0.25) is 5.02 Å². The van der Waals surface area contributed by atoms with Crippen molar-refractivity contribution in [2.45, 2.75) is 26.5 Å². The van der Waals surface area contributed by atoms with Crippen LogP contribution in [0.3, 0.4) is 0 Å². The van der Waals surface area contributed by atoms with Gasteiger partial charge >= 0.3 is 0 Å². The van der Waals surface area contributed by atoms with Gasteiger partial charge in [-0.25, -0.2) is 4.98 Å². The fourth-order valence-corrected chi connectivity index (χ4v) is 3.69. The maximum atomic E-state index is 12.1. The molecule has 4 rings (SSSR count). The average molecular weight is 450 g/mol. The van der Waals surface area contributed by atoms with E-state index in [0.29, 0.717) is 36.0 Å². The summed E-state index contributed by atoms with van der Waals surface area (Å²) in [6, 6.07) is 19.0. The molecule has 0 aliphatic rings. The van der Waals surface area contributed by atoms with Crippen molar-refractivity contribution in [2.75, 3.05) is 12.0 Å². The van der Waals surface area contributed by atoms with E-state index in [1.807, 2.05) is 78.2 Å². The molecular weight excluding hydrogens is 426 g/mol. The lowest BCUT2D eigenvalue weighted by atomic mass is 10.2. The second-order valence-corrected chi connectivity index (χ2v) is 7.73. The molecule has 0 spiro atoms. The number of ether oxygens (including phenoxy) is 2. The summed E-state index contributed by atoms with van der Waals surface area (Å²) in [6.45, 7) is 2.84. The SMILES string of the molecule is CCc1nc2c(OCc3ccc(Cl)cc3)cccn2c1N(C=O)Cc1ccc(OC)cc1. The number of anilines is 1. The number of pyridine rings is 1. The van der Waals surface area contributed by atoms with Crippen molar-refractivity contribution in [2.24, 2.45) is 0 Å². The number of hydrogen-bond donors (Lipinski definition) is 0. The lowest BCUT2D eigenvalue weighted by Gasteiger charge is -2.19. The van der Waals surface area contributed by atoms with E-state index < -0.39 is 0 Å². The van der Waals surface area contributed by atoms with Crippen molar-refractivity contribution < 1.29 is 14.3 Å². The first-order valence-corrected chi connectivity index (χ1v) is 10.7. The molecule has 0 bridgehead atoms. The summed E-state index contributed by atoms with van der Waals surface area (Å²) >= 11 is 5.97. The molecule has 0 atom stereocenters. The molecule has 0 saturated heterocycles. The number of halogens is 1. The number of aryl methyl sites for hydroxylation is 1. The van der Waals surface area contributed by atoms with E-state index in [0.717, 1.165) is 34.8 Å². The standard InChI is InChI=1S/C25H24ClN3O3/c1-3-22-25(28(17-30)15-18-8-12-21(31-2)13-9-18)29-14-4-5-23(24(29)27-22)32-16-19-6-10-20(26)11-7-19/h4-14,17H,3,15-16H2,1-2H3. The number of fused-ring (bicyclic) bond motifs is 1. The molecule has 4 aromatic rings. The largest absolute Gasteiger partial charge is 0.497 e. The number of benzene rings is 2. The Balaban J connectivity index is 1.65. The van der Waals surface area contributed by atoms with E-state index in [1.165, 1.54) is 0 Å². The topological polar surface area (TPSA) is 56.1 Å². The Hall–Kier alpha value is -3.51. The molecule has 164 valence electrons. The number of imidazole rings is 1. The number of hydrogen-bond acceptors (Lipinski definition) is 4. The van der Waals surface area contributed by atoms with E-state index in [1.54, 1.807) is 12.0 Å². The van der Waals surface area contributed by atoms with Gasteiger partial charge in [0.25, 0.3) is 0 Å². The molecule has 0 N–H and O–H groups in total. The second-order valence-electron chi connectivity index (χ2n) is 7.30. The number of carbonyl (C=O) groups excluding carboxylic acids is 1. The van der Waals surface area contributed by atoms with Crippen LogP contribution in [0, 0.1) is 0 Å². The third-order valence-corrected chi connectivity index (χ3v) is 5.46. The van der Waals surface area contributed by atoms with Crippen LogP contribution in [0.25, 0.3) is 5.65 Å². The molecule has 6 nitrogen and oxygen atoms in total. The van der Waals surface area contributed by atoms with Crippen molar-refractivity contribution in [1.29, 1.82) is 0 Å². The molecule has 0 unspecified atom stereocenters. The zero-order chi connectivity index (χ0) is 22.5. The van der Waals surface area contributed by atoms with Gasteiger partial charge in [0.05, 0.1) is 19.3 Å². The molecule has 0 radical (unpaired) electrons. The molecule has 2 aromatic heterocycles. The van der Waals surface area contributed by atoms with Gasteiger partial charge < -0.3 is 9.47 Å². The second kappa shape index (κ2) is 9.75. The van der Waals surface area contributed by atoms with Crippen LogP contribution in [0.15, 0.2) is 66.9 Å². The van der Waals surface area contributed by atoms with E-state index >= 15 is 0 Å². The Bertz CT molecular complexity index is 1200. The molecule has 0 aliphatic heterocycles. The molecule has 0 aliphatic carbocycles. The lowest BCUT2D eigenvalue weighted by molar-refractivity contribution is -0.107. The van der Waals surface area contributed by atoms with Crippen LogP contribution in [-0.2, 0) is 24.4 Å². The summed E-state index contributed by atoms with van der Waals surface area (Å²) in [5.41, 5.74) is 3.50. The first-order valence-electron chi connectivity index (χ1n) is 10.3. The molecule has 7 heteroatoms. The van der Waals surface area contributed by atoms with Gasteiger partial charge in [0, 0.05) is 11.2 Å². The Labute approximate surface area is 192 Å². The number of nitrogens with zero attached hydrogens (tertiary/aromatic N) is 3. The van der Waals surface area contributed by atoms with Crippen LogP contribution in [0.1, 0.15) is 23.7 Å². The number of carbonyl (C=O) groups is 1. The molecular formula is C25H24ClN3O3. The molecule has 2 aromatic carbocycles. The Morgan fingerprint density at radius 3 is 2.44 bits per heavy atom. The van der Waals surface area contributed by atoms with Crippen LogP contribution in [0.4, 0.5) is 5.82 Å². The highest BCUT2D eigenvalue weighted by atomic mass is 35.5. The predicted molar refractivity (Wildman–Crippen MR) is 126 cm³/mol. The van der Waals surface area contributed by atoms with E-state index in [2.05, 4.69) is 0 Å². The van der Waals surface area contributed by atoms with Crippen LogP contribution in [-0.4, -0.2) is 22.9 Å². The summed E-state index contributed by atoms with van der Waals surface area (Å²) in [6.07, 6.45) is 3.42. The molecule has 0 saturated carbocycles. The van der Waals surface area contributed by atoms with E-state index in [-0.39, 0.29) is 0 Å². The van der Waals surface area contributed by atoms with Gasteiger partial charge in [-0.3, -0.25) is 14.1 Å². The van der Waals surface area contributed by atoms with Crippen molar-refractivity contribution in [3.8, 4) is 11.5 Å². The third kappa shape index (κ3) is 4.55. The Kier molecular flexibility index (Phi) is 6.61. The zero-order valence-electron chi connectivity index (χ0n) is 18.0. The minimum absolute atomic E-state index is 0.393. The lowest BCUT2D eigenvalue weighted by Crippen LogP contribution is -2.23. The molecule has 32 heavy (non-hydrogen) atoms. The smallest absolute Gasteiger partial charge is 0.215 e. The highest BCUT2D eigenvalue weighted by molar-refractivity contribution is 6.30. The number of rotatable bonds is 9. The Morgan fingerprint density at radius 2 is 1.78 bits per heavy atom. The maximum Gasteiger partial charge on any atom is 0.215 e. The van der Waals surface area contributed by atoms with Crippen molar-refractivity contribution in [3.63, 3.8) is 0 Å². The first kappa shape index (κ1) is 21.7. The molecule has 2 heterocycles. The summed E-state index contributed by atoms with van der Waals surface area (Å²) in [4.78, 5) is 18.5. The summed E-state index contributed by atoms with van der Waals surface area (Å²) in [7, 11) is 1.63. The number of aromatic nitrogens is 2. The fourth-order valence-electron chi connectivity index (χ4n) is 3.56. The fraction of sp³-hybridized carbons (Fsp3) is 0.200. The summed E-state index contributed by atoms with van der Waals surface area (Å²) in [5.74, 6) is 2.17. The van der Waals surface area contributed by atoms with Crippen molar-refractivity contribution in [3.05, 3.63) is 88.7 Å². The minimum atomic E-state index is 0.393. The molecule has 0 fully saturated rings. The van der Waals surface area contributed by atoms with Gasteiger partial charge in [-0.05, 0) is 53.9 Å². The van der Waals surface area contributed by atoms with Crippen LogP contribution < -0.4 is 14.4 Å². The quantitative estimate of drug-likeness (QED) is 0.325. The average Bonchev–Trinajstić information content (AvgIpc) is 3.22. The van der Waals surface area contributed by atoms with Gasteiger partial charge in [-0.15, -0.1) is 0 Å². The normalized spacial score (nSPS) is 10.8. The van der Waals surface area contributed by atoms with Gasteiger partial charge in [0.2, 0.25) is 6.41 Å². The van der Waals surface area contributed by atoms with Gasteiger partial charge in [0.15, 0.2) is 11.4 Å². The van der Waals surface area contributed by atoms with Crippen LogP contribution >= 0.6 is 11.6 Å². The van der Waals surface area contributed by atoms with E-state index in [4.69, 9.17) is 26.1 Å². The van der Waals surface area contributed by atoms with Crippen molar-refractivity contribution in [1.82, 2.24) is 9.38 Å². The predicted octanol–water partition coefficient (Wildman–Crippen LogP) is 5.30. The minimum Gasteiger partial charge on any atom is -0.497 e. The zero-order valence-corrected chi connectivity index (χ0v) is 18.7. The highest BCUT2D eigenvalue weighted by Gasteiger charge is 2.20. The maximum absolute atomic E-state index is 12.1. The van der Waals surface area contributed by atoms with Crippen LogP contribution in [0.5, 0.6) is 11.5 Å². The molecule has 1 amide bonds. The van der Waals surface area contributed by atoms with E-state index in [9.17, 15) is 4.79 Å². The monoisotopic (exact) mass is 449 g/mol. The third-order valence-electron chi connectivity index (χ3n) is 5.21. The van der Waals surface area contributed by atoms with Gasteiger partial charge in [-0.2, -0.15) is 0 Å². The number of amides is 1.